The molecule has 0 spiro atoms. The molecule has 1 aliphatic rings. The Bertz CT molecular complexity index is 696. The van der Waals surface area contributed by atoms with Crippen LogP contribution in [-0.2, 0) is 16.2 Å². The number of hydrogen-bond donors (Lipinski definition) is 0. The summed E-state index contributed by atoms with van der Waals surface area (Å²) in [5.74, 6) is 0.0322. The van der Waals surface area contributed by atoms with Crippen molar-refractivity contribution in [1.29, 1.82) is 0 Å². The Kier molecular flexibility index (Phi) is 3.92. The summed E-state index contributed by atoms with van der Waals surface area (Å²) in [6.07, 6.45) is 0.234. The summed E-state index contributed by atoms with van der Waals surface area (Å²) >= 11 is 0. The zero-order valence-corrected chi connectivity index (χ0v) is 12.4. The summed E-state index contributed by atoms with van der Waals surface area (Å²) < 4.78 is 5.77. The highest BCUT2D eigenvalue weighted by Gasteiger charge is 2.36. The predicted molar refractivity (Wildman–Crippen MR) is 82.4 cm³/mol. The van der Waals surface area contributed by atoms with Gasteiger partial charge in [0.2, 0.25) is 11.8 Å². The summed E-state index contributed by atoms with van der Waals surface area (Å²) in [7, 11) is 1.53. The fourth-order valence-corrected chi connectivity index (χ4v) is 2.58. The molecule has 0 saturated carbocycles. The zero-order chi connectivity index (χ0) is 15.5. The van der Waals surface area contributed by atoms with E-state index in [0.29, 0.717) is 12.4 Å². The Morgan fingerprint density at radius 1 is 1.09 bits per heavy atom. The molecular weight excluding hydrogens is 278 g/mol. The van der Waals surface area contributed by atoms with Gasteiger partial charge >= 0.3 is 0 Å². The van der Waals surface area contributed by atoms with Crippen LogP contribution in [0.5, 0.6) is 5.75 Å². The maximum absolute atomic E-state index is 12.1. The van der Waals surface area contributed by atoms with Crippen LogP contribution in [0.1, 0.15) is 23.5 Å². The molecule has 1 atom stereocenters. The molecule has 0 aliphatic carbocycles. The van der Waals surface area contributed by atoms with E-state index in [0.717, 1.165) is 11.1 Å². The lowest BCUT2D eigenvalue weighted by Crippen LogP contribution is -2.25. The van der Waals surface area contributed by atoms with Crippen LogP contribution < -0.4 is 4.74 Å². The van der Waals surface area contributed by atoms with Crippen molar-refractivity contribution in [3.05, 3.63) is 65.7 Å². The summed E-state index contributed by atoms with van der Waals surface area (Å²) in [5, 5.41) is 0. The van der Waals surface area contributed by atoms with E-state index in [1.165, 1.54) is 11.9 Å². The number of likely N-dealkylation sites (tertiary alicyclic amines) is 1. The molecule has 0 radical (unpaired) electrons. The van der Waals surface area contributed by atoms with Crippen LogP contribution in [0.2, 0.25) is 0 Å². The van der Waals surface area contributed by atoms with Gasteiger partial charge in [0.25, 0.3) is 0 Å². The second-order valence-corrected chi connectivity index (χ2v) is 5.39. The first-order valence-corrected chi connectivity index (χ1v) is 7.22. The summed E-state index contributed by atoms with van der Waals surface area (Å²) in [4.78, 5) is 24.9. The topological polar surface area (TPSA) is 46.6 Å². The van der Waals surface area contributed by atoms with Crippen molar-refractivity contribution in [2.24, 2.45) is 0 Å². The van der Waals surface area contributed by atoms with E-state index in [9.17, 15) is 9.59 Å². The van der Waals surface area contributed by atoms with Crippen LogP contribution in [0.4, 0.5) is 0 Å². The molecule has 0 bridgehead atoms. The molecule has 1 heterocycles. The molecular formula is C18H17NO3. The first-order valence-electron chi connectivity index (χ1n) is 7.22. The van der Waals surface area contributed by atoms with E-state index in [2.05, 4.69) is 0 Å². The summed E-state index contributed by atoms with van der Waals surface area (Å²) in [6, 6.07) is 17.3. The number of imide groups is 1. The number of benzene rings is 2. The number of hydrogen-bond acceptors (Lipinski definition) is 3. The van der Waals surface area contributed by atoms with Crippen LogP contribution >= 0.6 is 0 Å². The first-order chi connectivity index (χ1) is 10.6. The average Bonchev–Trinajstić information content (AvgIpc) is 2.82. The molecule has 2 aromatic rings. The molecule has 4 nitrogen and oxygen atoms in total. The third kappa shape index (κ3) is 2.86. The standard InChI is InChI=1S/C18H17NO3/c1-19-17(20)11-16(18(19)21)14-8-5-9-15(10-14)22-12-13-6-3-2-4-7-13/h2-10,16H,11-12H2,1H3/t16-/m1/s1. The lowest BCUT2D eigenvalue weighted by molar-refractivity contribution is -0.137. The summed E-state index contributed by atoms with van der Waals surface area (Å²) in [5.41, 5.74) is 1.91. The van der Waals surface area contributed by atoms with E-state index in [4.69, 9.17) is 4.74 Å². The Labute approximate surface area is 129 Å². The molecule has 112 valence electrons. The van der Waals surface area contributed by atoms with E-state index >= 15 is 0 Å². The average molecular weight is 295 g/mol. The molecule has 0 unspecified atom stereocenters. The lowest BCUT2D eigenvalue weighted by atomic mass is 9.97. The van der Waals surface area contributed by atoms with Gasteiger partial charge in [-0.3, -0.25) is 14.5 Å². The van der Waals surface area contributed by atoms with Crippen molar-refractivity contribution in [3.63, 3.8) is 0 Å². The molecule has 22 heavy (non-hydrogen) atoms. The molecule has 1 fully saturated rings. The largest absolute Gasteiger partial charge is 0.489 e. The van der Waals surface area contributed by atoms with Gasteiger partial charge in [-0.2, -0.15) is 0 Å². The monoisotopic (exact) mass is 295 g/mol. The highest BCUT2D eigenvalue weighted by molar-refractivity contribution is 6.05. The van der Waals surface area contributed by atoms with Gasteiger partial charge < -0.3 is 4.74 Å². The number of nitrogens with zero attached hydrogens (tertiary/aromatic N) is 1. The fraction of sp³-hybridized carbons (Fsp3) is 0.222. The number of rotatable bonds is 4. The van der Waals surface area contributed by atoms with Crippen molar-refractivity contribution in [2.45, 2.75) is 18.9 Å². The molecule has 2 aromatic carbocycles. The molecule has 4 heteroatoms. The summed E-state index contributed by atoms with van der Waals surface area (Å²) in [6.45, 7) is 0.474. The normalized spacial score (nSPS) is 17.9. The first kappa shape index (κ1) is 14.3. The predicted octanol–water partition coefficient (Wildman–Crippen LogP) is 2.74. The van der Waals surface area contributed by atoms with Crippen LogP contribution in [0, 0.1) is 0 Å². The van der Waals surface area contributed by atoms with E-state index < -0.39 is 5.92 Å². The van der Waals surface area contributed by atoms with Gasteiger partial charge in [0.15, 0.2) is 0 Å². The Hall–Kier alpha value is -2.62. The minimum Gasteiger partial charge on any atom is -0.489 e. The van der Waals surface area contributed by atoms with E-state index in [1.807, 2.05) is 54.6 Å². The van der Waals surface area contributed by atoms with Crippen molar-refractivity contribution < 1.29 is 14.3 Å². The van der Waals surface area contributed by atoms with Crippen LogP contribution in [0.25, 0.3) is 0 Å². The maximum Gasteiger partial charge on any atom is 0.236 e. The number of ether oxygens (including phenoxy) is 1. The zero-order valence-electron chi connectivity index (χ0n) is 12.4. The quantitative estimate of drug-likeness (QED) is 0.815. The van der Waals surface area contributed by atoms with Crippen molar-refractivity contribution in [3.8, 4) is 5.75 Å². The van der Waals surface area contributed by atoms with Crippen molar-refractivity contribution in [1.82, 2.24) is 4.90 Å². The Morgan fingerprint density at radius 3 is 2.55 bits per heavy atom. The van der Waals surface area contributed by atoms with Crippen molar-refractivity contribution in [2.75, 3.05) is 7.05 Å². The lowest BCUT2D eigenvalue weighted by Gasteiger charge is -2.11. The van der Waals surface area contributed by atoms with Crippen LogP contribution in [-0.4, -0.2) is 23.8 Å². The Balaban J connectivity index is 1.73. The molecule has 0 aromatic heterocycles. The van der Waals surface area contributed by atoms with Crippen LogP contribution in [0.15, 0.2) is 54.6 Å². The molecule has 2 amide bonds. The third-order valence-corrected chi connectivity index (χ3v) is 3.89. The van der Waals surface area contributed by atoms with Gasteiger partial charge in [-0.15, -0.1) is 0 Å². The Morgan fingerprint density at radius 2 is 1.86 bits per heavy atom. The van der Waals surface area contributed by atoms with Gasteiger partial charge in [0.1, 0.15) is 12.4 Å². The minimum absolute atomic E-state index is 0.134. The molecule has 0 N–H and O–H groups in total. The fourth-order valence-electron chi connectivity index (χ4n) is 2.58. The van der Waals surface area contributed by atoms with Gasteiger partial charge in [0, 0.05) is 13.5 Å². The molecule has 1 saturated heterocycles. The van der Waals surface area contributed by atoms with Crippen LogP contribution in [0.3, 0.4) is 0 Å². The van der Waals surface area contributed by atoms with Gasteiger partial charge in [-0.25, -0.2) is 0 Å². The highest BCUT2D eigenvalue weighted by Crippen LogP contribution is 2.30. The van der Waals surface area contributed by atoms with E-state index in [1.54, 1.807) is 0 Å². The minimum atomic E-state index is -0.391. The number of likely N-dealkylation sites (N-methyl/N-ethyl adjacent to an activating group) is 1. The third-order valence-electron chi connectivity index (χ3n) is 3.89. The maximum atomic E-state index is 12.1. The number of carbonyl (C=O) groups excluding carboxylic acids is 2. The van der Waals surface area contributed by atoms with Gasteiger partial charge in [-0.05, 0) is 23.3 Å². The van der Waals surface area contributed by atoms with Crippen molar-refractivity contribution >= 4 is 11.8 Å². The molecule has 3 rings (SSSR count). The smallest absolute Gasteiger partial charge is 0.236 e. The highest BCUT2D eigenvalue weighted by atomic mass is 16.5. The van der Waals surface area contributed by atoms with Gasteiger partial charge in [-0.1, -0.05) is 42.5 Å². The van der Waals surface area contributed by atoms with E-state index in [-0.39, 0.29) is 18.2 Å². The SMILES string of the molecule is CN1C(=O)C[C@H](c2cccc(OCc3ccccc3)c2)C1=O. The molecule has 1 aliphatic heterocycles. The number of amides is 2. The second kappa shape index (κ2) is 6.02. The second-order valence-electron chi connectivity index (χ2n) is 5.39. The van der Waals surface area contributed by atoms with Gasteiger partial charge in [0.05, 0.1) is 5.92 Å². The number of carbonyl (C=O) groups is 2.